The molecule has 1 aliphatic carbocycles. The average molecular weight is 496 g/mol. The van der Waals surface area contributed by atoms with Gasteiger partial charge < -0.3 is 0 Å². The van der Waals surface area contributed by atoms with Gasteiger partial charge in [-0.1, -0.05) is 24.3 Å². The number of carbonyl (C=O) groups is 2. The summed E-state index contributed by atoms with van der Waals surface area (Å²) in [6.45, 7) is 0. The van der Waals surface area contributed by atoms with E-state index in [0.717, 1.165) is 33.4 Å². The fourth-order valence-corrected chi connectivity index (χ4v) is 6.05. The molecule has 2 aromatic heterocycles. The number of thiophene rings is 2. The Kier molecular flexibility index (Phi) is 4.64. The number of rotatable bonds is 4. The van der Waals surface area contributed by atoms with Gasteiger partial charge in [0.25, 0.3) is 0 Å². The lowest BCUT2D eigenvalue weighted by Crippen LogP contribution is -2.48. The molecule has 0 amide bonds. The van der Waals surface area contributed by atoms with Crippen molar-refractivity contribution in [2.24, 2.45) is 0 Å². The third-order valence-corrected chi connectivity index (χ3v) is 7.57. The summed E-state index contributed by atoms with van der Waals surface area (Å²) in [4.78, 5) is 22.0. The number of hydrogen-bond acceptors (Lipinski definition) is 4. The Morgan fingerprint density at radius 3 is 1.39 bits per heavy atom. The Morgan fingerprint density at radius 2 is 1.03 bits per heavy atom. The third kappa shape index (κ3) is 2.80. The number of allylic oxidation sites excluding steroid dienone is 2. The van der Waals surface area contributed by atoms with Crippen LogP contribution in [-0.4, -0.2) is 30.3 Å². The van der Waals surface area contributed by atoms with Crippen LogP contribution in [0.2, 0.25) is 0 Å². The van der Waals surface area contributed by atoms with E-state index in [1.165, 1.54) is 36.4 Å². The number of carbonyl (C=O) groups excluding carboxylic acids is 2. The molecule has 4 aromatic rings. The number of halogens is 6. The number of aldehydes is 2. The second kappa shape index (κ2) is 7.01. The zero-order valence-corrected chi connectivity index (χ0v) is 17.8. The van der Waals surface area contributed by atoms with Crippen LogP contribution in [-0.2, 0) is 0 Å². The fourth-order valence-electron chi connectivity index (χ4n) is 4.06. The lowest BCUT2D eigenvalue weighted by molar-refractivity contribution is -0.254. The maximum Gasteiger partial charge on any atom is 0.380 e. The van der Waals surface area contributed by atoms with Gasteiger partial charge in [0.15, 0.2) is 0 Å². The number of alkyl halides is 6. The quantitative estimate of drug-likeness (QED) is 0.216. The molecule has 2 nitrogen and oxygen atoms in total. The molecule has 0 saturated heterocycles. The van der Waals surface area contributed by atoms with Crippen molar-refractivity contribution >= 4 is 66.6 Å². The van der Waals surface area contributed by atoms with Crippen molar-refractivity contribution in [1.29, 1.82) is 0 Å². The van der Waals surface area contributed by atoms with Crippen LogP contribution in [0, 0.1) is 0 Å². The first-order valence-corrected chi connectivity index (χ1v) is 11.1. The first-order valence-electron chi connectivity index (χ1n) is 9.37. The van der Waals surface area contributed by atoms with Crippen LogP contribution >= 0.6 is 22.7 Å². The molecule has 0 fully saturated rings. The monoisotopic (exact) mass is 496 g/mol. The molecule has 0 bridgehead atoms. The predicted octanol–water partition coefficient (Wildman–Crippen LogP) is 7.57. The maximum absolute atomic E-state index is 15.1. The van der Waals surface area contributed by atoms with Gasteiger partial charge in [0.05, 0.1) is 0 Å². The lowest BCUT2D eigenvalue weighted by Gasteiger charge is -2.25. The number of hydrogen-bond donors (Lipinski definition) is 0. The van der Waals surface area contributed by atoms with Crippen LogP contribution in [0.3, 0.4) is 0 Å². The molecule has 0 saturated carbocycles. The zero-order valence-electron chi connectivity index (χ0n) is 16.2. The molecule has 5 rings (SSSR count). The highest BCUT2D eigenvalue weighted by atomic mass is 32.1. The van der Waals surface area contributed by atoms with Gasteiger partial charge >= 0.3 is 17.8 Å². The van der Waals surface area contributed by atoms with Gasteiger partial charge in [-0.3, -0.25) is 9.59 Å². The van der Waals surface area contributed by atoms with Gasteiger partial charge in [0.2, 0.25) is 0 Å². The van der Waals surface area contributed by atoms with Crippen molar-refractivity contribution < 1.29 is 35.9 Å². The molecule has 33 heavy (non-hydrogen) atoms. The highest BCUT2D eigenvalue weighted by Crippen LogP contribution is 2.66. The fraction of sp³-hybridized carbons (Fsp3) is 0.130. The SMILES string of the molecule is O=Cc1ccc2c(C3=C(c4csc5cc(C=O)ccc45)C(F)(F)C(F)(F)C3(F)F)csc2c1. The van der Waals surface area contributed by atoms with E-state index in [2.05, 4.69) is 0 Å². The van der Waals surface area contributed by atoms with E-state index in [4.69, 9.17) is 0 Å². The minimum Gasteiger partial charge on any atom is -0.298 e. The van der Waals surface area contributed by atoms with E-state index in [-0.39, 0.29) is 21.9 Å². The molecule has 168 valence electrons. The zero-order chi connectivity index (χ0) is 23.8. The van der Waals surface area contributed by atoms with Crippen molar-refractivity contribution in [3.05, 3.63) is 69.4 Å². The molecular formula is C23H10F6O2S2. The summed E-state index contributed by atoms with van der Waals surface area (Å²) in [5, 5.41) is 2.38. The van der Waals surface area contributed by atoms with Crippen molar-refractivity contribution in [1.82, 2.24) is 0 Å². The summed E-state index contributed by atoms with van der Waals surface area (Å²) in [5.74, 6) is -16.0. The Labute approximate surface area is 189 Å². The summed E-state index contributed by atoms with van der Waals surface area (Å²) in [5.41, 5.74) is -3.30. The maximum atomic E-state index is 15.1. The molecule has 2 heterocycles. The van der Waals surface area contributed by atoms with Crippen molar-refractivity contribution in [3.8, 4) is 0 Å². The van der Waals surface area contributed by atoms with Crippen molar-refractivity contribution in [2.45, 2.75) is 17.8 Å². The van der Waals surface area contributed by atoms with Crippen LogP contribution in [0.1, 0.15) is 31.8 Å². The predicted molar refractivity (Wildman–Crippen MR) is 116 cm³/mol. The summed E-state index contributed by atoms with van der Waals surface area (Å²) >= 11 is 1.77. The minimum atomic E-state index is -5.67. The van der Waals surface area contributed by atoms with Crippen molar-refractivity contribution in [3.63, 3.8) is 0 Å². The Morgan fingerprint density at radius 1 is 0.636 bits per heavy atom. The molecule has 0 aliphatic heterocycles. The van der Waals surface area contributed by atoms with Crippen LogP contribution in [0.4, 0.5) is 26.3 Å². The smallest absolute Gasteiger partial charge is 0.298 e. The number of fused-ring (bicyclic) bond motifs is 2. The van der Waals surface area contributed by atoms with Crippen molar-refractivity contribution in [2.75, 3.05) is 0 Å². The normalized spacial score (nSPS) is 18.8. The van der Waals surface area contributed by atoms with E-state index in [9.17, 15) is 18.4 Å². The van der Waals surface area contributed by atoms with Crippen LogP contribution in [0.25, 0.3) is 31.3 Å². The Bertz CT molecular complexity index is 1390. The highest BCUT2D eigenvalue weighted by Gasteiger charge is 2.80. The highest BCUT2D eigenvalue weighted by molar-refractivity contribution is 7.18. The van der Waals surface area contributed by atoms with E-state index >= 15 is 17.6 Å². The Balaban J connectivity index is 1.88. The van der Waals surface area contributed by atoms with E-state index in [1.807, 2.05) is 0 Å². The molecule has 10 heteroatoms. The third-order valence-electron chi connectivity index (χ3n) is 5.68. The molecule has 2 aromatic carbocycles. The second-order valence-corrected chi connectivity index (χ2v) is 9.34. The molecular weight excluding hydrogens is 486 g/mol. The standard InChI is InChI=1S/C23H10F6O2S2/c24-21(25)19(15-9-32-17-5-11(7-30)1-3-13(15)17)20(22(26,27)23(21,28)29)16-10-33-18-6-12(8-31)2-4-14(16)18/h1-10H. The summed E-state index contributed by atoms with van der Waals surface area (Å²) in [7, 11) is 0. The van der Waals surface area contributed by atoms with Gasteiger partial charge in [0, 0.05) is 53.6 Å². The van der Waals surface area contributed by atoms with Crippen LogP contribution in [0.5, 0.6) is 0 Å². The van der Waals surface area contributed by atoms with E-state index in [0.29, 0.717) is 22.0 Å². The van der Waals surface area contributed by atoms with Crippen LogP contribution < -0.4 is 0 Å². The first kappa shape index (κ1) is 21.8. The Hall–Kier alpha value is -2.98. The van der Waals surface area contributed by atoms with Gasteiger partial charge in [-0.05, 0) is 22.9 Å². The molecule has 0 spiro atoms. The largest absolute Gasteiger partial charge is 0.380 e. The molecule has 1 aliphatic rings. The van der Waals surface area contributed by atoms with Gasteiger partial charge in [-0.15, -0.1) is 22.7 Å². The molecule has 0 N–H and O–H groups in total. The summed E-state index contributed by atoms with van der Waals surface area (Å²) in [6.07, 6.45) is 1.06. The molecule has 0 radical (unpaired) electrons. The average Bonchev–Trinajstić information content (AvgIpc) is 3.41. The second-order valence-electron chi connectivity index (χ2n) is 7.52. The van der Waals surface area contributed by atoms with Gasteiger partial charge in [-0.2, -0.15) is 26.3 Å². The summed E-state index contributed by atoms with van der Waals surface area (Å²) < 4.78 is 90.2. The molecule has 0 unspecified atom stereocenters. The lowest BCUT2D eigenvalue weighted by atomic mass is 9.94. The van der Waals surface area contributed by atoms with Gasteiger partial charge in [0.1, 0.15) is 12.6 Å². The topological polar surface area (TPSA) is 34.1 Å². The minimum absolute atomic E-state index is 0.0639. The van der Waals surface area contributed by atoms with Gasteiger partial charge in [-0.25, -0.2) is 0 Å². The van der Waals surface area contributed by atoms with Crippen LogP contribution in [0.15, 0.2) is 47.2 Å². The number of benzene rings is 2. The summed E-state index contributed by atoms with van der Waals surface area (Å²) in [6, 6.07) is 7.92. The molecule has 0 atom stereocenters. The van der Waals surface area contributed by atoms with E-state index < -0.39 is 40.0 Å². The van der Waals surface area contributed by atoms with E-state index in [1.54, 1.807) is 0 Å². The first-order chi connectivity index (χ1) is 15.5.